The number of nitriles is 1. The summed E-state index contributed by atoms with van der Waals surface area (Å²) in [6, 6.07) is 5.27. The van der Waals surface area contributed by atoms with Crippen molar-refractivity contribution in [2.75, 3.05) is 13.1 Å². The van der Waals surface area contributed by atoms with Gasteiger partial charge in [-0.1, -0.05) is 5.16 Å². The molecule has 0 radical (unpaired) electrons. The number of fused-ring (bicyclic) bond motifs is 1. The van der Waals surface area contributed by atoms with Crippen LogP contribution in [0.1, 0.15) is 40.2 Å². The fourth-order valence-electron chi connectivity index (χ4n) is 3.10. The van der Waals surface area contributed by atoms with E-state index in [1.165, 1.54) is 6.20 Å². The Kier molecular flexibility index (Phi) is 3.65. The van der Waals surface area contributed by atoms with Crippen molar-refractivity contribution in [1.29, 1.82) is 5.26 Å². The molecule has 1 aliphatic carbocycles. The summed E-state index contributed by atoms with van der Waals surface area (Å²) >= 11 is 0. The van der Waals surface area contributed by atoms with E-state index >= 15 is 0 Å². The maximum absolute atomic E-state index is 12.5. The Bertz CT molecular complexity index is 817. The van der Waals surface area contributed by atoms with Crippen molar-refractivity contribution in [2.45, 2.75) is 31.8 Å². The molecule has 1 aliphatic heterocycles. The van der Waals surface area contributed by atoms with Crippen LogP contribution < -0.4 is 4.74 Å². The fourth-order valence-corrected chi connectivity index (χ4v) is 3.10. The zero-order valence-electron chi connectivity index (χ0n) is 13.1. The summed E-state index contributed by atoms with van der Waals surface area (Å²) in [5.41, 5.74) is 1.92. The number of carbonyl (C=O) groups is 1. The number of aryl methyl sites for hydroxylation is 1. The van der Waals surface area contributed by atoms with Gasteiger partial charge < -0.3 is 14.2 Å². The Balaban J connectivity index is 1.38. The lowest BCUT2D eigenvalue weighted by atomic mass is 9.96. The van der Waals surface area contributed by atoms with E-state index in [-0.39, 0.29) is 12.0 Å². The molecule has 0 bridgehead atoms. The molecule has 1 saturated heterocycles. The number of aromatic nitrogens is 2. The predicted molar refractivity (Wildman–Crippen MR) is 82.4 cm³/mol. The van der Waals surface area contributed by atoms with Crippen LogP contribution in [0, 0.1) is 11.3 Å². The molecule has 3 heterocycles. The molecule has 1 amide bonds. The first-order valence-corrected chi connectivity index (χ1v) is 8.04. The van der Waals surface area contributed by atoms with E-state index in [1.54, 1.807) is 17.0 Å². The molecule has 2 aliphatic rings. The molecule has 0 aromatic carbocycles. The summed E-state index contributed by atoms with van der Waals surface area (Å²) in [7, 11) is 0. The highest BCUT2D eigenvalue weighted by molar-refractivity contribution is 5.94. The van der Waals surface area contributed by atoms with E-state index in [0.29, 0.717) is 30.2 Å². The lowest BCUT2D eigenvalue weighted by molar-refractivity contribution is 0.0152. The van der Waals surface area contributed by atoms with Crippen molar-refractivity contribution in [2.24, 2.45) is 0 Å². The Morgan fingerprint density at radius 2 is 2.21 bits per heavy atom. The number of amides is 1. The molecule has 24 heavy (non-hydrogen) atoms. The number of hydrogen-bond acceptors (Lipinski definition) is 6. The van der Waals surface area contributed by atoms with Crippen LogP contribution in [-0.4, -0.2) is 40.1 Å². The maximum Gasteiger partial charge on any atom is 0.276 e. The fraction of sp³-hybridized carbons (Fsp3) is 0.412. The standard InChI is InChI=1S/C17H16N4O3/c18-8-11-5-6-19-15(7-11)23-12-9-21(10-12)17(22)16-13-3-1-2-4-14(13)24-20-16/h5-7,12H,1-4,9-10H2. The highest BCUT2D eigenvalue weighted by Crippen LogP contribution is 2.26. The zero-order chi connectivity index (χ0) is 16.5. The topological polar surface area (TPSA) is 92.2 Å². The van der Waals surface area contributed by atoms with Crippen LogP contribution in [0.4, 0.5) is 0 Å². The molecular formula is C17H16N4O3. The molecule has 122 valence electrons. The molecule has 0 saturated carbocycles. The third kappa shape index (κ3) is 2.60. The molecular weight excluding hydrogens is 308 g/mol. The van der Waals surface area contributed by atoms with E-state index in [0.717, 1.165) is 37.0 Å². The second-order valence-electron chi connectivity index (χ2n) is 6.08. The minimum atomic E-state index is -0.113. The zero-order valence-corrected chi connectivity index (χ0v) is 13.1. The molecule has 2 aromatic heterocycles. The van der Waals surface area contributed by atoms with Gasteiger partial charge in [0.25, 0.3) is 5.91 Å². The van der Waals surface area contributed by atoms with E-state index in [4.69, 9.17) is 14.5 Å². The monoisotopic (exact) mass is 324 g/mol. The SMILES string of the molecule is N#Cc1ccnc(OC2CN(C(=O)c3noc4c3CCCC4)C2)c1. The second-order valence-corrected chi connectivity index (χ2v) is 6.08. The van der Waals surface area contributed by atoms with Gasteiger partial charge in [-0.3, -0.25) is 4.79 Å². The third-order valence-electron chi connectivity index (χ3n) is 4.44. The Hall–Kier alpha value is -2.88. The van der Waals surface area contributed by atoms with Gasteiger partial charge in [0.2, 0.25) is 5.88 Å². The van der Waals surface area contributed by atoms with Gasteiger partial charge in [0.15, 0.2) is 5.69 Å². The minimum Gasteiger partial charge on any atom is -0.471 e. The number of rotatable bonds is 3. The minimum absolute atomic E-state index is 0.0968. The van der Waals surface area contributed by atoms with Gasteiger partial charge in [-0.2, -0.15) is 5.26 Å². The van der Waals surface area contributed by atoms with Crippen molar-refractivity contribution in [3.05, 3.63) is 40.9 Å². The highest BCUT2D eigenvalue weighted by atomic mass is 16.5. The van der Waals surface area contributed by atoms with Gasteiger partial charge in [0, 0.05) is 24.2 Å². The lowest BCUT2D eigenvalue weighted by Gasteiger charge is -2.38. The summed E-state index contributed by atoms with van der Waals surface area (Å²) < 4.78 is 11.0. The number of pyridine rings is 1. The Labute approximate surface area is 138 Å². The first kappa shape index (κ1) is 14.7. The predicted octanol–water partition coefficient (Wildman–Crippen LogP) is 1.72. The molecule has 0 N–H and O–H groups in total. The Morgan fingerprint density at radius 3 is 3.04 bits per heavy atom. The van der Waals surface area contributed by atoms with Crippen LogP contribution in [-0.2, 0) is 12.8 Å². The smallest absolute Gasteiger partial charge is 0.276 e. The van der Waals surface area contributed by atoms with Crippen LogP contribution in [0.25, 0.3) is 0 Å². The van der Waals surface area contributed by atoms with Crippen LogP contribution in [0.3, 0.4) is 0 Å². The molecule has 1 fully saturated rings. The van der Waals surface area contributed by atoms with Crippen molar-refractivity contribution in [1.82, 2.24) is 15.0 Å². The van der Waals surface area contributed by atoms with Gasteiger partial charge in [0.1, 0.15) is 11.9 Å². The van der Waals surface area contributed by atoms with E-state index in [1.807, 2.05) is 6.07 Å². The molecule has 4 rings (SSSR count). The number of ether oxygens (including phenoxy) is 1. The number of likely N-dealkylation sites (tertiary alicyclic amines) is 1. The molecule has 0 unspecified atom stereocenters. The summed E-state index contributed by atoms with van der Waals surface area (Å²) in [6.45, 7) is 0.970. The summed E-state index contributed by atoms with van der Waals surface area (Å²) in [6.07, 6.45) is 5.31. The maximum atomic E-state index is 12.5. The van der Waals surface area contributed by atoms with Crippen LogP contribution >= 0.6 is 0 Å². The van der Waals surface area contributed by atoms with Gasteiger partial charge >= 0.3 is 0 Å². The lowest BCUT2D eigenvalue weighted by Crippen LogP contribution is -2.56. The first-order valence-electron chi connectivity index (χ1n) is 8.04. The number of carbonyl (C=O) groups excluding carboxylic acids is 1. The number of nitrogens with zero attached hydrogens (tertiary/aromatic N) is 4. The van der Waals surface area contributed by atoms with Crippen molar-refractivity contribution >= 4 is 5.91 Å². The summed E-state index contributed by atoms with van der Waals surface area (Å²) in [4.78, 5) is 18.3. The summed E-state index contributed by atoms with van der Waals surface area (Å²) in [5, 5.41) is 12.9. The van der Waals surface area contributed by atoms with Gasteiger partial charge in [-0.15, -0.1) is 0 Å². The van der Waals surface area contributed by atoms with Crippen molar-refractivity contribution < 1.29 is 14.1 Å². The van der Waals surface area contributed by atoms with Crippen LogP contribution in [0.15, 0.2) is 22.9 Å². The quantitative estimate of drug-likeness (QED) is 0.853. The molecule has 0 atom stereocenters. The van der Waals surface area contributed by atoms with Gasteiger partial charge in [-0.05, 0) is 25.3 Å². The molecule has 7 nitrogen and oxygen atoms in total. The average molecular weight is 324 g/mol. The second kappa shape index (κ2) is 5.96. The molecule has 0 spiro atoms. The summed E-state index contributed by atoms with van der Waals surface area (Å²) in [5.74, 6) is 1.17. The van der Waals surface area contributed by atoms with E-state index in [9.17, 15) is 4.79 Å². The van der Waals surface area contributed by atoms with Gasteiger partial charge in [-0.25, -0.2) is 4.98 Å². The van der Waals surface area contributed by atoms with Crippen LogP contribution in [0.2, 0.25) is 0 Å². The number of hydrogen-bond donors (Lipinski definition) is 0. The van der Waals surface area contributed by atoms with E-state index < -0.39 is 0 Å². The van der Waals surface area contributed by atoms with E-state index in [2.05, 4.69) is 10.1 Å². The third-order valence-corrected chi connectivity index (χ3v) is 4.44. The average Bonchev–Trinajstić information content (AvgIpc) is 3.01. The first-order chi connectivity index (χ1) is 11.7. The largest absolute Gasteiger partial charge is 0.471 e. The normalized spacial score (nSPS) is 16.9. The highest BCUT2D eigenvalue weighted by Gasteiger charge is 2.36. The van der Waals surface area contributed by atoms with Crippen molar-refractivity contribution in [3.63, 3.8) is 0 Å². The van der Waals surface area contributed by atoms with Gasteiger partial charge in [0.05, 0.1) is 24.7 Å². The van der Waals surface area contributed by atoms with Crippen LogP contribution in [0.5, 0.6) is 5.88 Å². The molecule has 7 heteroatoms. The van der Waals surface area contributed by atoms with Crippen molar-refractivity contribution in [3.8, 4) is 11.9 Å². The Morgan fingerprint density at radius 1 is 1.38 bits per heavy atom. The molecule has 2 aromatic rings.